The van der Waals surface area contributed by atoms with Gasteiger partial charge in [-0.15, -0.1) is 0 Å². The molecule has 4 rings (SSSR count). The van der Waals surface area contributed by atoms with E-state index in [-0.39, 0.29) is 10.6 Å². The van der Waals surface area contributed by atoms with E-state index in [1.165, 1.54) is 0 Å². The molecule has 3 aromatic carbocycles. The molecule has 3 aromatic rings. The molecule has 0 fully saturated rings. The number of benzene rings is 3. The third kappa shape index (κ3) is 3.05. The Morgan fingerprint density at radius 1 is 0.828 bits per heavy atom. The molecular weight excluding hydrogens is 427 g/mol. The van der Waals surface area contributed by atoms with Crippen molar-refractivity contribution in [2.75, 3.05) is 7.11 Å². The number of rotatable bonds is 2. The highest BCUT2D eigenvalue weighted by molar-refractivity contribution is 6.59. The van der Waals surface area contributed by atoms with Gasteiger partial charge in [0, 0.05) is 16.5 Å². The number of hydrogen-bond acceptors (Lipinski definition) is 3. The quantitative estimate of drug-likeness (QED) is 0.401. The van der Waals surface area contributed by atoms with E-state index in [1.807, 2.05) is 60.7 Å². The first kappa shape index (κ1) is 19.4. The van der Waals surface area contributed by atoms with Gasteiger partial charge in [-0.2, -0.15) is 10.5 Å². The molecule has 3 nitrogen and oxygen atoms in total. The Hall–Kier alpha value is -2.95. The van der Waals surface area contributed by atoms with Crippen molar-refractivity contribution in [3.8, 4) is 29.0 Å². The zero-order valence-electron chi connectivity index (χ0n) is 15.1. The van der Waals surface area contributed by atoms with Crippen LogP contribution in [0, 0.1) is 22.7 Å². The lowest BCUT2D eigenvalue weighted by Gasteiger charge is -2.10. The molecule has 0 saturated carbocycles. The molecule has 0 aromatic heterocycles. The largest absolute Gasteiger partial charge is 0.495 e. The fraction of sp³-hybridized carbons (Fsp3) is 0.0435. The Morgan fingerprint density at radius 3 is 2.21 bits per heavy atom. The van der Waals surface area contributed by atoms with Crippen LogP contribution in [0.5, 0.6) is 5.75 Å². The van der Waals surface area contributed by atoms with Crippen LogP contribution in [-0.2, 0) is 0 Å². The van der Waals surface area contributed by atoms with E-state index >= 15 is 0 Å². The van der Waals surface area contributed by atoms with Crippen LogP contribution in [0.3, 0.4) is 0 Å². The number of halogens is 3. The molecule has 0 amide bonds. The smallest absolute Gasteiger partial charge is 0.139 e. The molecule has 0 radical (unpaired) electrons. The van der Waals surface area contributed by atoms with Gasteiger partial charge < -0.3 is 4.74 Å². The Bertz CT molecular complexity index is 1320. The van der Waals surface area contributed by atoms with Gasteiger partial charge in [0.25, 0.3) is 0 Å². The van der Waals surface area contributed by atoms with Crippen molar-refractivity contribution in [2.45, 2.75) is 0 Å². The summed E-state index contributed by atoms with van der Waals surface area (Å²) in [6.45, 7) is 0. The Kier molecular flexibility index (Phi) is 4.99. The molecule has 6 heteroatoms. The van der Waals surface area contributed by atoms with Crippen LogP contribution < -0.4 is 4.74 Å². The van der Waals surface area contributed by atoms with Gasteiger partial charge in [0.2, 0.25) is 0 Å². The number of ether oxygens (including phenoxy) is 1. The molecule has 1 aliphatic carbocycles. The SMILES string of the molecule is COc1ccc2cc(-c3ccc4c(c3)C(Cl)=C(Cl)C4=C(C#N)C#N)ccc2c1Cl. The molecule has 0 bridgehead atoms. The molecule has 0 saturated heterocycles. The molecule has 0 aliphatic heterocycles. The van der Waals surface area contributed by atoms with Crippen molar-refractivity contribution in [3.05, 3.63) is 75.3 Å². The van der Waals surface area contributed by atoms with Gasteiger partial charge in [0.05, 0.1) is 22.2 Å². The number of fused-ring (bicyclic) bond motifs is 2. The zero-order chi connectivity index (χ0) is 20.7. The van der Waals surface area contributed by atoms with Crippen molar-refractivity contribution >= 4 is 56.2 Å². The number of nitriles is 2. The van der Waals surface area contributed by atoms with Crippen molar-refractivity contribution in [1.82, 2.24) is 0 Å². The van der Waals surface area contributed by atoms with Gasteiger partial charge >= 0.3 is 0 Å². The van der Waals surface area contributed by atoms with Crippen molar-refractivity contribution in [1.29, 1.82) is 10.5 Å². The lowest BCUT2D eigenvalue weighted by atomic mass is 9.96. The maximum absolute atomic E-state index is 9.23. The topological polar surface area (TPSA) is 56.8 Å². The summed E-state index contributed by atoms with van der Waals surface area (Å²) >= 11 is 19.2. The highest BCUT2D eigenvalue weighted by atomic mass is 35.5. The summed E-state index contributed by atoms with van der Waals surface area (Å²) in [6, 6.07) is 19.2. The van der Waals surface area contributed by atoms with Crippen LogP contribution in [0.15, 0.2) is 59.1 Å². The van der Waals surface area contributed by atoms with E-state index in [4.69, 9.17) is 39.5 Å². The Labute approximate surface area is 182 Å². The maximum Gasteiger partial charge on any atom is 0.139 e. The average Bonchev–Trinajstić information content (AvgIpc) is 2.99. The summed E-state index contributed by atoms with van der Waals surface area (Å²) in [6.07, 6.45) is 0. The minimum Gasteiger partial charge on any atom is -0.495 e. The molecule has 0 N–H and O–H groups in total. The van der Waals surface area contributed by atoms with Crippen molar-refractivity contribution in [2.24, 2.45) is 0 Å². The Morgan fingerprint density at radius 2 is 1.52 bits per heavy atom. The maximum atomic E-state index is 9.23. The summed E-state index contributed by atoms with van der Waals surface area (Å²) in [4.78, 5) is 0. The fourth-order valence-electron chi connectivity index (χ4n) is 3.46. The molecule has 0 spiro atoms. The van der Waals surface area contributed by atoms with E-state index in [1.54, 1.807) is 7.11 Å². The van der Waals surface area contributed by atoms with E-state index < -0.39 is 0 Å². The summed E-state index contributed by atoms with van der Waals surface area (Å²) < 4.78 is 5.27. The highest BCUT2D eigenvalue weighted by Gasteiger charge is 2.27. The lowest BCUT2D eigenvalue weighted by Crippen LogP contribution is -1.89. The third-order valence-electron chi connectivity index (χ3n) is 4.88. The van der Waals surface area contributed by atoms with Gasteiger partial charge in [0.15, 0.2) is 0 Å². The molecule has 0 unspecified atom stereocenters. The molecule has 1 aliphatic rings. The molecule has 29 heavy (non-hydrogen) atoms. The summed E-state index contributed by atoms with van der Waals surface area (Å²) in [5, 5.41) is 21.5. The first-order valence-electron chi connectivity index (χ1n) is 8.51. The average molecular weight is 438 g/mol. The first-order chi connectivity index (χ1) is 14.0. The van der Waals surface area contributed by atoms with Crippen molar-refractivity contribution in [3.63, 3.8) is 0 Å². The molecular formula is C23H11Cl3N2O. The van der Waals surface area contributed by atoms with Crippen LogP contribution >= 0.6 is 34.8 Å². The first-order valence-corrected chi connectivity index (χ1v) is 9.65. The van der Waals surface area contributed by atoms with Gasteiger partial charge in [0.1, 0.15) is 23.5 Å². The molecule has 0 heterocycles. The third-order valence-corrected chi connectivity index (χ3v) is 6.14. The highest BCUT2D eigenvalue weighted by Crippen LogP contribution is 2.47. The second-order valence-corrected chi connectivity index (χ2v) is 7.51. The lowest BCUT2D eigenvalue weighted by molar-refractivity contribution is 0.415. The van der Waals surface area contributed by atoms with E-state index in [0.717, 1.165) is 21.9 Å². The predicted octanol–water partition coefficient (Wildman–Crippen LogP) is 7.13. The monoisotopic (exact) mass is 436 g/mol. The zero-order valence-corrected chi connectivity index (χ0v) is 17.3. The van der Waals surface area contributed by atoms with Crippen LogP contribution in [0.25, 0.3) is 32.5 Å². The normalized spacial score (nSPS) is 12.6. The fourth-order valence-corrected chi connectivity index (χ4v) is 4.32. The van der Waals surface area contributed by atoms with E-state index in [0.29, 0.717) is 32.5 Å². The van der Waals surface area contributed by atoms with Gasteiger partial charge in [-0.25, -0.2) is 0 Å². The summed E-state index contributed by atoms with van der Waals surface area (Å²) in [7, 11) is 1.58. The van der Waals surface area contributed by atoms with Gasteiger partial charge in [-0.1, -0.05) is 65.1 Å². The second-order valence-electron chi connectivity index (χ2n) is 6.38. The second kappa shape index (κ2) is 7.47. The molecule has 0 atom stereocenters. The number of allylic oxidation sites excluding steroid dienone is 3. The minimum absolute atomic E-state index is 0.0612. The number of hydrogen-bond donors (Lipinski definition) is 0. The van der Waals surface area contributed by atoms with Gasteiger partial charge in [-0.05, 0) is 40.3 Å². The number of methoxy groups -OCH3 is 1. The number of nitrogens with zero attached hydrogens (tertiary/aromatic N) is 2. The summed E-state index contributed by atoms with van der Waals surface area (Å²) in [5.41, 5.74) is 3.59. The van der Waals surface area contributed by atoms with E-state index in [2.05, 4.69) is 0 Å². The van der Waals surface area contributed by atoms with Crippen LogP contribution in [0.2, 0.25) is 5.02 Å². The molecule has 140 valence electrons. The summed E-state index contributed by atoms with van der Waals surface area (Å²) in [5.74, 6) is 0.626. The van der Waals surface area contributed by atoms with E-state index in [9.17, 15) is 10.5 Å². The Balaban J connectivity index is 1.87. The van der Waals surface area contributed by atoms with Crippen LogP contribution in [0.1, 0.15) is 11.1 Å². The van der Waals surface area contributed by atoms with Crippen LogP contribution in [0.4, 0.5) is 0 Å². The predicted molar refractivity (Wildman–Crippen MR) is 118 cm³/mol. The minimum atomic E-state index is -0.0612. The standard InChI is InChI=1S/C23H11Cl3N2O/c1-29-19-7-4-14-8-12(2-5-16(14)21(19)24)13-3-6-17-18(9-13)22(25)23(26)20(17)15(10-27)11-28/h2-9H,1H3. The van der Waals surface area contributed by atoms with Crippen LogP contribution in [-0.4, -0.2) is 7.11 Å². The van der Waals surface area contributed by atoms with Crippen molar-refractivity contribution < 1.29 is 4.74 Å². The van der Waals surface area contributed by atoms with Gasteiger partial charge in [-0.3, -0.25) is 0 Å².